The minimum atomic E-state index is -0.297. The van der Waals surface area contributed by atoms with Crippen molar-refractivity contribution >= 4 is 68.1 Å². The maximum Gasteiger partial charge on any atom is 0.323 e. The van der Waals surface area contributed by atoms with Crippen molar-refractivity contribution < 1.29 is 9.59 Å². The number of amides is 4. The summed E-state index contributed by atoms with van der Waals surface area (Å²) in [4.78, 5) is 27.3. The molecule has 200 valence electrons. The summed E-state index contributed by atoms with van der Waals surface area (Å²) >= 11 is 1.59. The van der Waals surface area contributed by atoms with Gasteiger partial charge in [0.05, 0.1) is 11.4 Å². The molecular weight excluding hydrogens is 528 g/mol. The van der Waals surface area contributed by atoms with E-state index >= 15 is 0 Å². The Labute approximate surface area is 241 Å². The van der Waals surface area contributed by atoms with Crippen LogP contribution in [0.4, 0.5) is 32.3 Å². The van der Waals surface area contributed by atoms with Crippen molar-refractivity contribution in [3.8, 4) is 0 Å². The highest BCUT2D eigenvalue weighted by Crippen LogP contribution is 2.30. The Morgan fingerprint density at radius 2 is 0.805 bits per heavy atom. The Balaban J connectivity index is 1.02. The minimum Gasteiger partial charge on any atom is -0.308 e. The first-order valence-corrected chi connectivity index (χ1v) is 13.9. The van der Waals surface area contributed by atoms with E-state index in [9.17, 15) is 9.59 Å². The van der Waals surface area contributed by atoms with Crippen LogP contribution in [0.1, 0.15) is 0 Å². The molecule has 4 N–H and O–H groups in total. The first-order valence-electron chi connectivity index (χ1n) is 13.1. The van der Waals surface area contributed by atoms with Gasteiger partial charge < -0.3 is 21.3 Å². The largest absolute Gasteiger partial charge is 0.323 e. The number of fused-ring (bicyclic) bond motifs is 2. The van der Waals surface area contributed by atoms with E-state index in [1.165, 1.54) is 0 Å². The van der Waals surface area contributed by atoms with Crippen LogP contribution >= 0.6 is 11.8 Å². The number of hydrogen-bond donors (Lipinski definition) is 4. The van der Waals surface area contributed by atoms with Gasteiger partial charge >= 0.3 is 12.1 Å². The Morgan fingerprint density at radius 1 is 0.415 bits per heavy atom. The van der Waals surface area contributed by atoms with Crippen molar-refractivity contribution in [2.24, 2.45) is 0 Å². The molecule has 0 unspecified atom stereocenters. The lowest BCUT2D eigenvalue weighted by Gasteiger charge is -2.11. The van der Waals surface area contributed by atoms with Crippen LogP contribution in [0.2, 0.25) is 0 Å². The van der Waals surface area contributed by atoms with Crippen LogP contribution in [0.5, 0.6) is 0 Å². The summed E-state index contributed by atoms with van der Waals surface area (Å²) in [7, 11) is 0. The first-order chi connectivity index (χ1) is 20.1. The van der Waals surface area contributed by atoms with Crippen molar-refractivity contribution in [3.63, 3.8) is 0 Å². The van der Waals surface area contributed by atoms with Crippen LogP contribution in [-0.2, 0) is 0 Å². The Hall–Kier alpha value is -5.27. The molecule has 0 heterocycles. The van der Waals surface area contributed by atoms with E-state index in [1.807, 2.05) is 133 Å². The zero-order valence-electron chi connectivity index (χ0n) is 21.9. The van der Waals surface area contributed by atoms with Gasteiger partial charge in [-0.25, -0.2) is 9.59 Å². The van der Waals surface area contributed by atoms with E-state index in [0.29, 0.717) is 11.4 Å². The lowest BCUT2D eigenvalue weighted by Crippen LogP contribution is -2.19. The number of carbonyl (C=O) groups excluding carboxylic acids is 2. The number of urea groups is 2. The maximum atomic E-state index is 12.6. The zero-order chi connectivity index (χ0) is 28.0. The highest BCUT2D eigenvalue weighted by molar-refractivity contribution is 7.99. The third kappa shape index (κ3) is 6.32. The van der Waals surface area contributed by atoms with Crippen LogP contribution < -0.4 is 21.3 Å². The highest BCUT2D eigenvalue weighted by atomic mass is 32.2. The molecule has 0 bridgehead atoms. The summed E-state index contributed by atoms with van der Waals surface area (Å²) in [5, 5.41) is 15.8. The van der Waals surface area contributed by atoms with Gasteiger partial charge in [0.25, 0.3) is 0 Å². The molecule has 41 heavy (non-hydrogen) atoms. The van der Waals surface area contributed by atoms with Gasteiger partial charge in [-0.3, -0.25) is 0 Å². The topological polar surface area (TPSA) is 82.3 Å². The molecule has 6 rings (SSSR count). The van der Waals surface area contributed by atoms with Gasteiger partial charge in [0.1, 0.15) is 0 Å². The van der Waals surface area contributed by atoms with Crippen LogP contribution in [-0.4, -0.2) is 12.1 Å². The molecule has 0 aliphatic rings. The second kappa shape index (κ2) is 11.9. The molecule has 7 heteroatoms. The van der Waals surface area contributed by atoms with E-state index in [2.05, 4.69) is 21.3 Å². The van der Waals surface area contributed by atoms with Crippen LogP contribution in [0.25, 0.3) is 21.5 Å². The molecule has 4 amide bonds. The van der Waals surface area contributed by atoms with Gasteiger partial charge in [-0.2, -0.15) is 0 Å². The second-order valence-electron chi connectivity index (χ2n) is 9.36. The number of nitrogens with one attached hydrogen (secondary N) is 4. The SMILES string of the molecule is O=C(Nc1ccc(Sc2ccc(NC(=O)Nc3cccc4ccccc34)cc2)cc1)Nc1cccc2ccccc12. The molecule has 6 aromatic carbocycles. The van der Waals surface area contributed by atoms with E-state index in [1.54, 1.807) is 11.8 Å². The molecule has 6 nitrogen and oxygen atoms in total. The van der Waals surface area contributed by atoms with Crippen LogP contribution in [0, 0.1) is 0 Å². The molecule has 0 saturated heterocycles. The summed E-state index contributed by atoms with van der Waals surface area (Å²) in [5.74, 6) is 0. The Morgan fingerprint density at radius 3 is 1.24 bits per heavy atom. The molecule has 0 aliphatic carbocycles. The van der Waals surface area contributed by atoms with Gasteiger partial charge in [-0.15, -0.1) is 0 Å². The quantitative estimate of drug-likeness (QED) is 0.165. The third-order valence-corrected chi connectivity index (χ3v) is 7.55. The Kier molecular flexibility index (Phi) is 7.51. The summed E-state index contributed by atoms with van der Waals surface area (Å²) in [6.07, 6.45) is 0. The standard InChI is InChI=1S/C34H26N4O2S/c39-33(37-31-13-5-9-23-7-1-3-11-29(23)31)35-25-15-19-27(20-16-25)41-28-21-17-26(18-22-28)36-34(40)38-32-14-6-10-24-8-2-4-12-30(24)32/h1-22H,(H2,35,37,39)(H2,36,38,40). The number of rotatable bonds is 6. The third-order valence-electron chi connectivity index (χ3n) is 6.54. The maximum absolute atomic E-state index is 12.6. The van der Waals surface area contributed by atoms with Crippen LogP contribution in [0.15, 0.2) is 143 Å². The van der Waals surface area contributed by atoms with Gasteiger partial charge in [0, 0.05) is 31.9 Å². The van der Waals surface area contributed by atoms with E-state index < -0.39 is 0 Å². The van der Waals surface area contributed by atoms with Gasteiger partial charge in [0.2, 0.25) is 0 Å². The molecule has 0 aliphatic heterocycles. The van der Waals surface area contributed by atoms with Gasteiger partial charge in [0.15, 0.2) is 0 Å². The van der Waals surface area contributed by atoms with Crippen molar-refractivity contribution in [1.29, 1.82) is 0 Å². The molecule has 6 aromatic rings. The fourth-order valence-corrected chi connectivity index (χ4v) is 5.40. The number of hydrogen-bond acceptors (Lipinski definition) is 3. The molecule has 0 aromatic heterocycles. The van der Waals surface area contributed by atoms with Crippen molar-refractivity contribution in [2.75, 3.05) is 21.3 Å². The van der Waals surface area contributed by atoms with E-state index in [0.717, 1.165) is 42.7 Å². The zero-order valence-corrected chi connectivity index (χ0v) is 22.7. The molecule has 0 radical (unpaired) electrons. The lowest BCUT2D eigenvalue weighted by molar-refractivity contribution is 0.261. The highest BCUT2D eigenvalue weighted by Gasteiger charge is 2.08. The summed E-state index contributed by atoms with van der Waals surface area (Å²) in [6.45, 7) is 0. The lowest BCUT2D eigenvalue weighted by atomic mass is 10.1. The smallest absolute Gasteiger partial charge is 0.308 e. The summed E-state index contributed by atoms with van der Waals surface area (Å²) < 4.78 is 0. The molecule has 0 spiro atoms. The molecule has 0 atom stereocenters. The summed E-state index contributed by atoms with van der Waals surface area (Å²) in [6, 6.07) is 42.3. The average Bonchev–Trinajstić information content (AvgIpc) is 2.99. The fourth-order valence-electron chi connectivity index (χ4n) is 4.59. The van der Waals surface area contributed by atoms with Gasteiger partial charge in [-0.05, 0) is 71.4 Å². The van der Waals surface area contributed by atoms with E-state index in [4.69, 9.17) is 0 Å². The second-order valence-corrected chi connectivity index (χ2v) is 10.5. The van der Waals surface area contributed by atoms with Crippen molar-refractivity contribution in [1.82, 2.24) is 0 Å². The normalized spacial score (nSPS) is 10.7. The van der Waals surface area contributed by atoms with Crippen molar-refractivity contribution in [2.45, 2.75) is 9.79 Å². The van der Waals surface area contributed by atoms with Crippen LogP contribution in [0.3, 0.4) is 0 Å². The number of carbonyl (C=O) groups is 2. The average molecular weight is 555 g/mol. The molecule has 0 fully saturated rings. The monoisotopic (exact) mass is 554 g/mol. The molecular formula is C34H26N4O2S. The summed E-state index contributed by atoms with van der Waals surface area (Å²) in [5.41, 5.74) is 2.92. The molecule has 0 saturated carbocycles. The fraction of sp³-hybridized carbons (Fsp3) is 0. The predicted octanol–water partition coefficient (Wildman–Crippen LogP) is 9.43. The number of benzene rings is 6. The van der Waals surface area contributed by atoms with E-state index in [-0.39, 0.29) is 12.1 Å². The number of anilines is 4. The minimum absolute atomic E-state index is 0.297. The van der Waals surface area contributed by atoms with Gasteiger partial charge in [-0.1, -0.05) is 84.6 Å². The first kappa shape index (κ1) is 26.0. The Bertz CT molecular complexity index is 1710. The predicted molar refractivity (Wildman–Crippen MR) is 170 cm³/mol. The van der Waals surface area contributed by atoms with Crippen molar-refractivity contribution in [3.05, 3.63) is 133 Å².